The summed E-state index contributed by atoms with van der Waals surface area (Å²) >= 11 is 0. The van der Waals surface area contributed by atoms with Gasteiger partial charge in [0.05, 0.1) is 19.7 Å². The average molecular weight is 255 g/mol. The van der Waals surface area contributed by atoms with Gasteiger partial charge < -0.3 is 14.4 Å². The summed E-state index contributed by atoms with van der Waals surface area (Å²) in [5.74, 6) is 1.32. The highest BCUT2D eigenvalue weighted by Gasteiger charge is 2.54. The third-order valence-corrected chi connectivity index (χ3v) is 4.17. The van der Waals surface area contributed by atoms with Crippen molar-refractivity contribution in [1.82, 2.24) is 4.90 Å². The highest BCUT2D eigenvalue weighted by molar-refractivity contribution is 5.77. The Morgan fingerprint density at radius 2 is 2.22 bits per heavy atom. The van der Waals surface area contributed by atoms with Gasteiger partial charge in [0.1, 0.15) is 5.60 Å². The summed E-state index contributed by atoms with van der Waals surface area (Å²) in [5.41, 5.74) is -0.0937. The van der Waals surface area contributed by atoms with Crippen LogP contribution in [0.3, 0.4) is 0 Å². The first-order valence-electron chi connectivity index (χ1n) is 6.98. The lowest BCUT2D eigenvalue weighted by Crippen LogP contribution is -2.66. The van der Waals surface area contributed by atoms with Crippen LogP contribution in [0.4, 0.5) is 0 Å². The van der Waals surface area contributed by atoms with Crippen LogP contribution >= 0.6 is 0 Å². The third-order valence-electron chi connectivity index (χ3n) is 4.17. The summed E-state index contributed by atoms with van der Waals surface area (Å²) in [6.07, 6.45) is 2.70. The number of carbonyl (C=O) groups excluding carboxylic acids is 1. The zero-order valence-electron chi connectivity index (χ0n) is 11.8. The van der Waals surface area contributed by atoms with Gasteiger partial charge in [0.2, 0.25) is 5.91 Å². The molecule has 18 heavy (non-hydrogen) atoms. The topological polar surface area (TPSA) is 38.8 Å². The molecule has 4 nitrogen and oxygen atoms in total. The molecule has 2 aliphatic rings. The summed E-state index contributed by atoms with van der Waals surface area (Å²) in [4.78, 5) is 13.9. The fraction of sp³-hybridized carbons (Fsp3) is 0.929. The Hall–Kier alpha value is -0.610. The molecule has 104 valence electrons. The standard InChI is InChI=1S/C14H25NO3/c1-11(2)4-5-13(16)15-9-14(10-15)12(8-17-3)6-7-18-14/h11-12H,4-10H2,1-3H3/t12-/m1/s1. The number of hydrogen-bond acceptors (Lipinski definition) is 3. The Morgan fingerprint density at radius 3 is 2.83 bits per heavy atom. The van der Waals surface area contributed by atoms with Crippen LogP contribution in [0.5, 0.6) is 0 Å². The lowest BCUT2D eigenvalue weighted by molar-refractivity contribution is -0.168. The molecule has 0 bridgehead atoms. The molecule has 2 fully saturated rings. The van der Waals surface area contributed by atoms with E-state index in [4.69, 9.17) is 9.47 Å². The highest BCUT2D eigenvalue weighted by atomic mass is 16.5. The third kappa shape index (κ3) is 2.69. The molecule has 1 spiro atoms. The van der Waals surface area contributed by atoms with E-state index in [0.29, 0.717) is 18.3 Å². The zero-order chi connectivity index (χ0) is 13.2. The van der Waals surface area contributed by atoms with Crippen molar-refractivity contribution in [2.45, 2.75) is 38.7 Å². The smallest absolute Gasteiger partial charge is 0.222 e. The first kappa shape index (κ1) is 13.8. The van der Waals surface area contributed by atoms with Crippen molar-refractivity contribution in [2.24, 2.45) is 11.8 Å². The van der Waals surface area contributed by atoms with Gasteiger partial charge in [-0.25, -0.2) is 0 Å². The average Bonchev–Trinajstić information content (AvgIpc) is 2.68. The number of ether oxygens (including phenoxy) is 2. The number of nitrogens with zero attached hydrogens (tertiary/aromatic N) is 1. The van der Waals surface area contributed by atoms with E-state index in [1.165, 1.54) is 0 Å². The number of rotatable bonds is 5. The van der Waals surface area contributed by atoms with Crippen LogP contribution < -0.4 is 0 Å². The number of carbonyl (C=O) groups is 1. The lowest BCUT2D eigenvalue weighted by atomic mass is 9.81. The molecule has 0 N–H and O–H groups in total. The first-order valence-corrected chi connectivity index (χ1v) is 6.98. The predicted molar refractivity (Wildman–Crippen MR) is 69.3 cm³/mol. The molecule has 1 amide bonds. The SMILES string of the molecule is COC[C@H]1CCOC12CN(C(=O)CCC(C)C)C2. The van der Waals surface area contributed by atoms with Gasteiger partial charge in [-0.1, -0.05) is 13.8 Å². The van der Waals surface area contributed by atoms with Gasteiger partial charge in [0.25, 0.3) is 0 Å². The summed E-state index contributed by atoms with van der Waals surface area (Å²) in [7, 11) is 1.73. The Labute approximate surface area is 110 Å². The summed E-state index contributed by atoms with van der Waals surface area (Å²) in [6.45, 7) is 7.38. The fourth-order valence-electron chi connectivity index (χ4n) is 2.92. The summed E-state index contributed by atoms with van der Waals surface area (Å²) < 4.78 is 11.1. The van der Waals surface area contributed by atoms with Crippen molar-refractivity contribution in [3.8, 4) is 0 Å². The molecule has 0 unspecified atom stereocenters. The van der Waals surface area contributed by atoms with Crippen LogP contribution in [-0.2, 0) is 14.3 Å². The molecule has 0 radical (unpaired) electrons. The van der Waals surface area contributed by atoms with Crippen LogP contribution in [-0.4, -0.2) is 49.8 Å². The van der Waals surface area contributed by atoms with Gasteiger partial charge in [-0.15, -0.1) is 0 Å². The Bertz CT molecular complexity index is 297. The summed E-state index contributed by atoms with van der Waals surface area (Å²) in [5, 5.41) is 0. The van der Waals surface area contributed by atoms with Crippen molar-refractivity contribution in [1.29, 1.82) is 0 Å². The minimum Gasteiger partial charge on any atom is -0.384 e. The number of amides is 1. The monoisotopic (exact) mass is 255 g/mol. The van der Waals surface area contributed by atoms with Crippen molar-refractivity contribution in [2.75, 3.05) is 33.4 Å². The molecule has 0 aromatic rings. The highest BCUT2D eigenvalue weighted by Crippen LogP contribution is 2.40. The van der Waals surface area contributed by atoms with Gasteiger partial charge >= 0.3 is 0 Å². The van der Waals surface area contributed by atoms with Gasteiger partial charge in [-0.05, 0) is 18.8 Å². The molecular formula is C14H25NO3. The fourth-order valence-corrected chi connectivity index (χ4v) is 2.92. The molecule has 2 saturated heterocycles. The minimum absolute atomic E-state index is 0.0937. The van der Waals surface area contributed by atoms with Crippen LogP contribution in [0.2, 0.25) is 0 Å². The van der Waals surface area contributed by atoms with Crippen LogP contribution in [0.25, 0.3) is 0 Å². The van der Waals surface area contributed by atoms with E-state index >= 15 is 0 Å². The first-order chi connectivity index (χ1) is 8.57. The van der Waals surface area contributed by atoms with Gasteiger partial charge in [0, 0.05) is 26.1 Å². The molecular weight excluding hydrogens is 230 g/mol. The number of hydrogen-bond donors (Lipinski definition) is 0. The molecule has 0 aromatic carbocycles. The zero-order valence-corrected chi connectivity index (χ0v) is 11.8. The minimum atomic E-state index is -0.0937. The van der Waals surface area contributed by atoms with E-state index in [0.717, 1.165) is 39.1 Å². The lowest BCUT2D eigenvalue weighted by Gasteiger charge is -2.50. The second-order valence-electron chi connectivity index (χ2n) is 6.04. The van der Waals surface area contributed by atoms with Crippen LogP contribution in [0.1, 0.15) is 33.1 Å². The predicted octanol–water partition coefficient (Wildman–Crippen LogP) is 1.69. The van der Waals surface area contributed by atoms with E-state index in [2.05, 4.69) is 13.8 Å². The molecule has 2 heterocycles. The van der Waals surface area contributed by atoms with Crippen molar-refractivity contribution >= 4 is 5.91 Å². The molecule has 4 heteroatoms. The van der Waals surface area contributed by atoms with Gasteiger partial charge in [-0.2, -0.15) is 0 Å². The molecule has 0 saturated carbocycles. The Morgan fingerprint density at radius 1 is 1.50 bits per heavy atom. The quantitative estimate of drug-likeness (QED) is 0.750. The Kier molecular flexibility index (Phi) is 4.28. The van der Waals surface area contributed by atoms with Crippen molar-refractivity contribution < 1.29 is 14.3 Å². The van der Waals surface area contributed by atoms with Gasteiger partial charge in [0.15, 0.2) is 0 Å². The van der Waals surface area contributed by atoms with Gasteiger partial charge in [-0.3, -0.25) is 4.79 Å². The molecule has 2 aliphatic heterocycles. The van der Waals surface area contributed by atoms with E-state index in [-0.39, 0.29) is 11.5 Å². The normalized spacial score (nSPS) is 25.8. The second kappa shape index (κ2) is 5.57. The maximum absolute atomic E-state index is 12.0. The molecule has 0 aliphatic carbocycles. The van der Waals surface area contributed by atoms with E-state index in [1.54, 1.807) is 7.11 Å². The largest absolute Gasteiger partial charge is 0.384 e. The molecule has 1 atom stereocenters. The maximum atomic E-state index is 12.0. The second-order valence-corrected chi connectivity index (χ2v) is 6.04. The van der Waals surface area contributed by atoms with E-state index in [9.17, 15) is 4.79 Å². The number of methoxy groups -OCH3 is 1. The summed E-state index contributed by atoms with van der Waals surface area (Å²) in [6, 6.07) is 0. The van der Waals surface area contributed by atoms with E-state index < -0.39 is 0 Å². The van der Waals surface area contributed by atoms with E-state index in [1.807, 2.05) is 4.90 Å². The van der Waals surface area contributed by atoms with Crippen molar-refractivity contribution in [3.63, 3.8) is 0 Å². The maximum Gasteiger partial charge on any atom is 0.222 e. The van der Waals surface area contributed by atoms with Crippen molar-refractivity contribution in [3.05, 3.63) is 0 Å². The number of likely N-dealkylation sites (tertiary alicyclic amines) is 1. The Balaban J connectivity index is 1.80. The molecule has 2 rings (SSSR count). The van der Waals surface area contributed by atoms with Crippen LogP contribution in [0, 0.1) is 11.8 Å². The van der Waals surface area contributed by atoms with Crippen LogP contribution in [0.15, 0.2) is 0 Å². The molecule has 0 aromatic heterocycles.